The third kappa shape index (κ3) is 2.48. The van der Waals surface area contributed by atoms with Crippen LogP contribution in [0.5, 0.6) is 0 Å². The van der Waals surface area contributed by atoms with Crippen molar-refractivity contribution in [2.45, 2.75) is 12.8 Å². The van der Waals surface area contributed by atoms with E-state index < -0.39 is 11.7 Å². The van der Waals surface area contributed by atoms with E-state index in [9.17, 15) is 13.2 Å². The molecule has 0 fully saturated rings. The summed E-state index contributed by atoms with van der Waals surface area (Å²) in [5.74, 6) is 0. The van der Waals surface area contributed by atoms with Gasteiger partial charge in [-0.25, -0.2) is 4.98 Å². The highest BCUT2D eigenvalue weighted by molar-refractivity contribution is 7.13. The van der Waals surface area contributed by atoms with Gasteiger partial charge in [0.05, 0.1) is 17.9 Å². The summed E-state index contributed by atoms with van der Waals surface area (Å²) in [6, 6.07) is 5.27. The van der Waals surface area contributed by atoms with Crippen LogP contribution in [0.4, 0.5) is 13.2 Å². The molecule has 1 heterocycles. The van der Waals surface area contributed by atoms with E-state index in [2.05, 4.69) is 4.98 Å². The number of thiazole rings is 1. The van der Waals surface area contributed by atoms with Crippen molar-refractivity contribution in [3.05, 3.63) is 40.9 Å². The fourth-order valence-corrected chi connectivity index (χ4v) is 2.27. The molecule has 2 nitrogen and oxygen atoms in total. The third-order valence-corrected chi connectivity index (χ3v) is 3.10. The number of aromatic nitrogens is 1. The van der Waals surface area contributed by atoms with E-state index >= 15 is 0 Å². The van der Waals surface area contributed by atoms with Crippen LogP contribution < -0.4 is 0 Å². The Bertz CT molecular complexity index is 521. The van der Waals surface area contributed by atoms with Gasteiger partial charge in [-0.05, 0) is 6.07 Å². The molecular weight excluding hydrogens is 251 g/mol. The molecule has 0 radical (unpaired) electrons. The van der Waals surface area contributed by atoms with Gasteiger partial charge in [0.2, 0.25) is 0 Å². The van der Waals surface area contributed by atoms with Gasteiger partial charge in [-0.3, -0.25) is 0 Å². The van der Waals surface area contributed by atoms with Crippen molar-refractivity contribution in [1.29, 1.82) is 0 Å². The van der Waals surface area contributed by atoms with Gasteiger partial charge >= 0.3 is 6.18 Å². The lowest BCUT2D eigenvalue weighted by Crippen LogP contribution is -2.06. The van der Waals surface area contributed by atoms with Gasteiger partial charge in [-0.2, -0.15) is 13.2 Å². The molecule has 2 rings (SSSR count). The number of alkyl halides is 3. The van der Waals surface area contributed by atoms with Gasteiger partial charge in [0.1, 0.15) is 5.01 Å². The number of rotatable bonds is 2. The Kier molecular flexibility index (Phi) is 3.17. The largest absolute Gasteiger partial charge is 0.417 e. The van der Waals surface area contributed by atoms with Gasteiger partial charge in [-0.1, -0.05) is 18.2 Å². The molecule has 2 aromatic rings. The number of benzene rings is 1. The van der Waals surface area contributed by atoms with Crippen molar-refractivity contribution < 1.29 is 18.3 Å². The second kappa shape index (κ2) is 4.46. The van der Waals surface area contributed by atoms with Crippen molar-refractivity contribution in [2.75, 3.05) is 0 Å². The van der Waals surface area contributed by atoms with Gasteiger partial charge in [0, 0.05) is 10.9 Å². The fraction of sp³-hybridized carbons (Fsp3) is 0.182. The first-order valence-electron chi connectivity index (χ1n) is 4.74. The minimum Gasteiger partial charge on any atom is -0.390 e. The average Bonchev–Trinajstić information content (AvgIpc) is 2.76. The molecule has 0 unspecified atom stereocenters. The van der Waals surface area contributed by atoms with Gasteiger partial charge in [0.15, 0.2) is 0 Å². The molecule has 0 spiro atoms. The summed E-state index contributed by atoms with van der Waals surface area (Å²) in [4.78, 5) is 3.94. The maximum atomic E-state index is 12.8. The van der Waals surface area contributed by atoms with E-state index in [0.717, 1.165) is 17.4 Å². The van der Waals surface area contributed by atoms with Crippen molar-refractivity contribution in [3.63, 3.8) is 0 Å². The van der Waals surface area contributed by atoms with E-state index in [-0.39, 0.29) is 17.2 Å². The van der Waals surface area contributed by atoms with Crippen LogP contribution in [0.1, 0.15) is 11.3 Å². The van der Waals surface area contributed by atoms with Crippen LogP contribution >= 0.6 is 11.3 Å². The minimum absolute atomic E-state index is 0.0460. The van der Waals surface area contributed by atoms with Gasteiger partial charge in [-0.15, -0.1) is 11.3 Å². The maximum absolute atomic E-state index is 12.8. The number of aliphatic hydroxyl groups is 1. The quantitative estimate of drug-likeness (QED) is 0.897. The Hall–Kier alpha value is -1.40. The molecule has 90 valence electrons. The zero-order valence-corrected chi connectivity index (χ0v) is 9.35. The highest BCUT2D eigenvalue weighted by Crippen LogP contribution is 2.37. The van der Waals surface area contributed by atoms with Crippen LogP contribution in [0, 0.1) is 0 Å². The van der Waals surface area contributed by atoms with Gasteiger partial charge < -0.3 is 5.11 Å². The van der Waals surface area contributed by atoms with Crippen molar-refractivity contribution in [2.24, 2.45) is 0 Å². The first kappa shape index (κ1) is 12.1. The second-order valence-corrected chi connectivity index (χ2v) is 4.20. The molecule has 0 bridgehead atoms. The fourth-order valence-electron chi connectivity index (χ4n) is 1.42. The topological polar surface area (TPSA) is 33.1 Å². The maximum Gasteiger partial charge on any atom is 0.417 e. The van der Waals surface area contributed by atoms with E-state index in [1.54, 1.807) is 5.38 Å². The smallest absolute Gasteiger partial charge is 0.390 e. The van der Waals surface area contributed by atoms with Crippen molar-refractivity contribution in [1.82, 2.24) is 4.98 Å². The zero-order chi connectivity index (χ0) is 12.5. The first-order chi connectivity index (χ1) is 8.02. The molecule has 1 N–H and O–H groups in total. The number of aliphatic hydroxyl groups excluding tert-OH is 1. The summed E-state index contributed by atoms with van der Waals surface area (Å²) < 4.78 is 38.3. The molecule has 0 atom stereocenters. The highest BCUT2D eigenvalue weighted by atomic mass is 32.1. The lowest BCUT2D eigenvalue weighted by molar-refractivity contribution is -0.137. The lowest BCUT2D eigenvalue weighted by Gasteiger charge is -2.10. The Morgan fingerprint density at radius 3 is 2.53 bits per heavy atom. The molecule has 1 aromatic carbocycles. The van der Waals surface area contributed by atoms with Crippen LogP contribution in [0.25, 0.3) is 10.6 Å². The summed E-state index contributed by atoms with van der Waals surface area (Å²) >= 11 is 1.09. The predicted octanol–water partition coefficient (Wildman–Crippen LogP) is 3.32. The van der Waals surface area contributed by atoms with E-state index in [1.807, 2.05) is 0 Å². The van der Waals surface area contributed by atoms with Crippen LogP contribution in [0.2, 0.25) is 0 Å². The third-order valence-electron chi connectivity index (χ3n) is 2.18. The van der Waals surface area contributed by atoms with E-state index in [4.69, 9.17) is 5.11 Å². The van der Waals surface area contributed by atoms with E-state index in [1.165, 1.54) is 18.2 Å². The molecule has 0 amide bonds. The second-order valence-electron chi connectivity index (χ2n) is 3.35. The predicted molar refractivity (Wildman–Crippen MR) is 58.5 cm³/mol. The van der Waals surface area contributed by atoms with Crippen molar-refractivity contribution in [3.8, 4) is 10.6 Å². The van der Waals surface area contributed by atoms with Crippen molar-refractivity contribution >= 4 is 11.3 Å². The molecule has 0 aliphatic carbocycles. The number of hydrogen-bond acceptors (Lipinski definition) is 3. The Morgan fingerprint density at radius 1 is 1.24 bits per heavy atom. The standard InChI is InChI=1S/C11H8F3NOS/c12-11(13,14)9-4-2-1-3-8(9)10-15-7(5-16)6-17-10/h1-4,6,16H,5H2. The highest BCUT2D eigenvalue weighted by Gasteiger charge is 2.33. The normalized spacial score (nSPS) is 11.8. The molecule has 0 aliphatic heterocycles. The number of hydrogen-bond donors (Lipinski definition) is 1. The van der Waals surface area contributed by atoms with Crippen LogP contribution in [-0.4, -0.2) is 10.1 Å². The minimum atomic E-state index is -4.40. The Labute approximate surface area is 99.4 Å². The summed E-state index contributed by atoms with van der Waals surface area (Å²) in [6.07, 6.45) is -4.40. The summed E-state index contributed by atoms with van der Waals surface area (Å²) in [5, 5.41) is 10.7. The lowest BCUT2D eigenvalue weighted by atomic mass is 10.1. The van der Waals surface area contributed by atoms with Crippen LogP contribution in [0.3, 0.4) is 0 Å². The number of nitrogens with zero attached hydrogens (tertiary/aromatic N) is 1. The average molecular weight is 259 g/mol. The first-order valence-corrected chi connectivity index (χ1v) is 5.62. The van der Waals surface area contributed by atoms with Crippen LogP contribution in [0.15, 0.2) is 29.6 Å². The molecule has 1 aromatic heterocycles. The molecule has 0 saturated carbocycles. The number of halogens is 3. The van der Waals surface area contributed by atoms with Crippen LogP contribution in [-0.2, 0) is 12.8 Å². The Balaban J connectivity index is 2.52. The molecular formula is C11H8F3NOS. The molecule has 0 aliphatic rings. The molecule has 6 heteroatoms. The van der Waals surface area contributed by atoms with E-state index in [0.29, 0.717) is 5.69 Å². The molecule has 17 heavy (non-hydrogen) atoms. The summed E-state index contributed by atoms with van der Waals surface area (Å²) in [7, 11) is 0. The summed E-state index contributed by atoms with van der Waals surface area (Å²) in [6.45, 7) is -0.273. The Morgan fingerprint density at radius 2 is 1.94 bits per heavy atom. The zero-order valence-electron chi connectivity index (χ0n) is 8.53. The summed E-state index contributed by atoms with van der Waals surface area (Å²) in [5.41, 5.74) is -0.287. The monoisotopic (exact) mass is 259 g/mol. The van der Waals surface area contributed by atoms with Gasteiger partial charge in [0.25, 0.3) is 0 Å². The molecule has 0 saturated heterocycles. The SMILES string of the molecule is OCc1csc(-c2ccccc2C(F)(F)F)n1.